The van der Waals surface area contributed by atoms with E-state index in [-0.39, 0.29) is 41.7 Å². The first-order valence-corrected chi connectivity index (χ1v) is 16.9. The number of likely N-dealkylation sites (N-methyl/N-ethyl adjacent to an activating group) is 1. The molecule has 1 aromatic heterocycles. The van der Waals surface area contributed by atoms with Gasteiger partial charge in [0.25, 0.3) is 11.8 Å². The van der Waals surface area contributed by atoms with Crippen LogP contribution in [0.15, 0.2) is 54.6 Å². The number of hydrogen-bond donors (Lipinski definition) is 5. The van der Waals surface area contributed by atoms with E-state index in [1.807, 2.05) is 25.1 Å². The second-order valence-corrected chi connectivity index (χ2v) is 13.8. The number of aryl methyl sites for hydroxylation is 1. The van der Waals surface area contributed by atoms with Gasteiger partial charge in [0, 0.05) is 36.1 Å². The SMILES string of the molecule is CNC(=O)[C@@H]1CC[C@@H]2CCN(C(=O)c3n[nH]c4ccc(C)cc34)C[C@H](NC(=O)c3ccc4ccc(C(F)(F)P(=O)(O)O)cc4c3)C(=O)N21. The fraction of sp³-hybridized carbons (Fsp3) is 0.344. The van der Waals surface area contributed by atoms with Crippen LogP contribution in [0.3, 0.4) is 0 Å². The minimum absolute atomic E-state index is 0.0264. The highest BCUT2D eigenvalue weighted by atomic mass is 31.2. The standard InChI is InChI=1S/C32H33F2N6O7P/c1-17-3-9-24-23(13-17)27(38-37-24)31(44)39-12-11-22-8-10-26(29(42)35-2)40(22)30(43)25(16-39)36-28(41)19-5-4-18-6-7-21(15-20(18)14-19)32(33,34)48(45,46)47/h3-7,9,13-15,22,25-26H,8,10-12,16H2,1-2H3,(H,35,42)(H,36,41)(H,37,38)(H2,45,46,47)/t22-,25+,26+/m1/s1. The lowest BCUT2D eigenvalue weighted by molar-refractivity contribution is -0.142. The van der Waals surface area contributed by atoms with Crippen molar-refractivity contribution in [1.82, 2.24) is 30.6 Å². The number of carbonyl (C=O) groups is 4. The van der Waals surface area contributed by atoms with Crippen molar-refractivity contribution >= 4 is 52.9 Å². The highest BCUT2D eigenvalue weighted by Crippen LogP contribution is 2.59. The van der Waals surface area contributed by atoms with E-state index in [2.05, 4.69) is 20.8 Å². The Kier molecular flexibility index (Phi) is 8.56. The van der Waals surface area contributed by atoms with Gasteiger partial charge in [0.15, 0.2) is 5.69 Å². The number of H-pyrrole nitrogens is 1. The smallest absolute Gasteiger partial charge is 0.357 e. The van der Waals surface area contributed by atoms with Crippen molar-refractivity contribution in [2.75, 3.05) is 20.1 Å². The van der Waals surface area contributed by atoms with E-state index in [0.29, 0.717) is 35.6 Å². The number of nitrogens with zero attached hydrogens (tertiary/aromatic N) is 3. The van der Waals surface area contributed by atoms with E-state index >= 15 is 0 Å². The summed E-state index contributed by atoms with van der Waals surface area (Å²) in [5.41, 5.74) is -3.66. The molecule has 0 spiro atoms. The molecule has 48 heavy (non-hydrogen) atoms. The van der Waals surface area contributed by atoms with Gasteiger partial charge in [-0.05, 0) is 67.3 Å². The Balaban J connectivity index is 1.33. The molecule has 3 atom stereocenters. The van der Waals surface area contributed by atoms with Gasteiger partial charge in [0.1, 0.15) is 12.1 Å². The molecular weight excluding hydrogens is 649 g/mol. The normalized spacial score (nSPS) is 20.4. The van der Waals surface area contributed by atoms with Gasteiger partial charge in [-0.2, -0.15) is 13.9 Å². The summed E-state index contributed by atoms with van der Waals surface area (Å²) < 4.78 is 40.4. The molecule has 0 aliphatic carbocycles. The van der Waals surface area contributed by atoms with Crippen molar-refractivity contribution in [3.05, 3.63) is 77.0 Å². The monoisotopic (exact) mass is 682 g/mol. The molecule has 252 valence electrons. The number of nitrogens with one attached hydrogen (secondary N) is 3. The Morgan fingerprint density at radius 2 is 1.77 bits per heavy atom. The highest BCUT2D eigenvalue weighted by Gasteiger charge is 2.50. The number of halogens is 2. The number of rotatable bonds is 6. The van der Waals surface area contributed by atoms with Crippen LogP contribution in [0.2, 0.25) is 0 Å². The zero-order valence-electron chi connectivity index (χ0n) is 25.9. The average molecular weight is 683 g/mol. The second kappa shape index (κ2) is 12.4. The number of aromatic amines is 1. The molecule has 3 aromatic carbocycles. The summed E-state index contributed by atoms with van der Waals surface area (Å²) in [5.74, 6) is -2.11. The van der Waals surface area contributed by atoms with Gasteiger partial charge in [0.05, 0.1) is 12.1 Å². The average Bonchev–Trinajstić information content (AvgIpc) is 3.67. The third kappa shape index (κ3) is 5.93. The van der Waals surface area contributed by atoms with Crippen LogP contribution < -0.4 is 10.6 Å². The molecule has 4 amide bonds. The van der Waals surface area contributed by atoms with Gasteiger partial charge in [-0.25, -0.2) is 0 Å². The zero-order chi connectivity index (χ0) is 34.5. The van der Waals surface area contributed by atoms with Crippen molar-refractivity contribution in [3.63, 3.8) is 0 Å². The number of fused-ring (bicyclic) bond motifs is 3. The number of amides is 4. The van der Waals surface area contributed by atoms with Crippen LogP contribution in [0, 0.1) is 6.92 Å². The van der Waals surface area contributed by atoms with Crippen LogP contribution in [0.25, 0.3) is 21.7 Å². The Labute approximate surface area is 272 Å². The largest absolute Gasteiger partial charge is 0.399 e. The fourth-order valence-electron chi connectivity index (χ4n) is 6.52. The highest BCUT2D eigenvalue weighted by molar-refractivity contribution is 7.52. The molecule has 2 fully saturated rings. The number of alkyl halides is 2. The van der Waals surface area contributed by atoms with E-state index < -0.39 is 48.6 Å². The summed E-state index contributed by atoms with van der Waals surface area (Å²) in [6.45, 7) is 1.86. The van der Waals surface area contributed by atoms with Crippen LogP contribution in [0.4, 0.5) is 8.78 Å². The van der Waals surface area contributed by atoms with Crippen LogP contribution >= 0.6 is 7.60 Å². The minimum Gasteiger partial charge on any atom is -0.357 e. The Morgan fingerprint density at radius 3 is 2.50 bits per heavy atom. The van der Waals surface area contributed by atoms with Crippen LogP contribution in [0.5, 0.6) is 0 Å². The lowest BCUT2D eigenvalue weighted by Crippen LogP contribution is -2.61. The molecule has 13 nitrogen and oxygen atoms in total. The molecule has 4 aromatic rings. The Hall–Kier alpha value is -4.72. The third-order valence-corrected chi connectivity index (χ3v) is 10.1. The van der Waals surface area contributed by atoms with Gasteiger partial charge in [0.2, 0.25) is 11.8 Å². The Bertz CT molecular complexity index is 2010. The van der Waals surface area contributed by atoms with Crippen molar-refractivity contribution in [2.45, 2.75) is 50.0 Å². The molecule has 5 N–H and O–H groups in total. The molecule has 3 heterocycles. The number of benzene rings is 3. The molecule has 0 unspecified atom stereocenters. The van der Waals surface area contributed by atoms with E-state index in [9.17, 15) is 42.3 Å². The molecule has 0 bridgehead atoms. The van der Waals surface area contributed by atoms with E-state index in [1.165, 1.54) is 41.1 Å². The van der Waals surface area contributed by atoms with Crippen LogP contribution in [0.1, 0.15) is 51.2 Å². The summed E-state index contributed by atoms with van der Waals surface area (Å²) in [5, 5.41) is 13.5. The maximum Gasteiger partial charge on any atom is 0.399 e. The summed E-state index contributed by atoms with van der Waals surface area (Å²) in [6, 6.07) is 10.3. The molecule has 2 aliphatic heterocycles. The Morgan fingerprint density at radius 1 is 1.02 bits per heavy atom. The molecule has 2 aliphatic rings. The first kappa shape index (κ1) is 33.2. The first-order valence-electron chi connectivity index (χ1n) is 15.3. The number of hydrogen-bond acceptors (Lipinski definition) is 6. The van der Waals surface area contributed by atoms with E-state index in [0.717, 1.165) is 17.7 Å². The molecule has 0 saturated carbocycles. The molecule has 6 rings (SSSR count). The predicted octanol–water partition coefficient (Wildman–Crippen LogP) is 3.00. The second-order valence-electron chi connectivity index (χ2n) is 12.2. The number of aromatic nitrogens is 2. The number of carbonyl (C=O) groups excluding carboxylic acids is 4. The van der Waals surface area contributed by atoms with Gasteiger partial charge in [-0.1, -0.05) is 29.8 Å². The summed E-state index contributed by atoms with van der Waals surface area (Å²) in [7, 11) is -4.36. The van der Waals surface area contributed by atoms with E-state index in [1.54, 1.807) is 0 Å². The van der Waals surface area contributed by atoms with Crippen LogP contribution in [-0.4, -0.2) is 91.7 Å². The minimum atomic E-state index is -5.83. The first-order chi connectivity index (χ1) is 22.7. The van der Waals surface area contributed by atoms with Crippen LogP contribution in [-0.2, 0) is 19.8 Å². The summed E-state index contributed by atoms with van der Waals surface area (Å²) in [6.07, 6.45) is 1.32. The third-order valence-electron chi connectivity index (χ3n) is 9.07. The summed E-state index contributed by atoms with van der Waals surface area (Å²) in [4.78, 5) is 75.8. The zero-order valence-corrected chi connectivity index (χ0v) is 26.8. The van der Waals surface area contributed by atoms with Gasteiger partial charge in [-0.3, -0.25) is 28.8 Å². The van der Waals surface area contributed by atoms with Crippen molar-refractivity contribution in [1.29, 1.82) is 0 Å². The summed E-state index contributed by atoms with van der Waals surface area (Å²) >= 11 is 0. The van der Waals surface area contributed by atoms with Crippen molar-refractivity contribution in [3.8, 4) is 0 Å². The van der Waals surface area contributed by atoms with E-state index in [4.69, 9.17) is 0 Å². The molecule has 2 saturated heterocycles. The van der Waals surface area contributed by atoms with Gasteiger partial charge < -0.3 is 30.2 Å². The maximum absolute atomic E-state index is 14.5. The lowest BCUT2D eigenvalue weighted by Gasteiger charge is -2.38. The maximum atomic E-state index is 14.5. The predicted molar refractivity (Wildman–Crippen MR) is 170 cm³/mol. The topological polar surface area (TPSA) is 185 Å². The van der Waals surface area contributed by atoms with Crippen molar-refractivity contribution < 1.29 is 42.3 Å². The molecule has 0 radical (unpaired) electrons. The molecule has 16 heteroatoms. The lowest BCUT2D eigenvalue weighted by atomic mass is 10.0. The fourth-order valence-corrected chi connectivity index (χ4v) is 6.99. The van der Waals surface area contributed by atoms with Gasteiger partial charge >= 0.3 is 13.3 Å². The quantitative estimate of drug-likeness (QED) is 0.192. The van der Waals surface area contributed by atoms with Crippen molar-refractivity contribution in [2.24, 2.45) is 0 Å². The van der Waals surface area contributed by atoms with Gasteiger partial charge in [-0.15, -0.1) is 0 Å². The molecular formula is C32H33F2N6O7P.